The number of fused-ring (bicyclic) bond motifs is 1. The zero-order valence-electron chi connectivity index (χ0n) is 24.4. The lowest BCUT2D eigenvalue weighted by Gasteiger charge is -2.19. The molecule has 0 radical (unpaired) electrons. The fourth-order valence-electron chi connectivity index (χ4n) is 5.29. The SMILES string of the molecule is N#Cc1cnc2cc(OC3CCOC3)c(NC(=O)C=C3CCNCC3)cc2c1Nc1ccc(OCc2cccc(Cl)c2)c(Cl)c1. The molecule has 0 aliphatic carbocycles. The molecule has 2 saturated heterocycles. The van der Waals surface area contributed by atoms with E-state index in [1.165, 1.54) is 6.20 Å². The standard InChI is InChI=1S/C34H31Cl2N5O4/c35-24-3-1-2-22(12-24)19-44-31-5-4-25(14-28(31)36)40-34-23(17-37)18-39-29-16-32(45-26-8-11-43-20-26)30(15-27(29)34)41-33(42)13-21-6-9-38-10-7-21/h1-5,12-16,18,26,38H,6-11,19-20H2,(H,39,40)(H,41,42). The fourth-order valence-corrected chi connectivity index (χ4v) is 5.74. The lowest BCUT2D eigenvalue weighted by atomic mass is 10.0. The lowest BCUT2D eigenvalue weighted by Crippen LogP contribution is -2.24. The molecular weight excluding hydrogens is 613 g/mol. The molecule has 0 saturated carbocycles. The third-order valence-electron chi connectivity index (χ3n) is 7.59. The number of ether oxygens (including phenoxy) is 3. The van der Waals surface area contributed by atoms with E-state index >= 15 is 0 Å². The molecule has 1 atom stereocenters. The maximum Gasteiger partial charge on any atom is 0.248 e. The number of anilines is 3. The van der Waals surface area contributed by atoms with Crippen LogP contribution in [0.5, 0.6) is 11.5 Å². The van der Waals surface area contributed by atoms with E-state index < -0.39 is 0 Å². The molecule has 3 heterocycles. The number of amides is 1. The molecule has 4 aromatic rings. The Balaban J connectivity index is 1.30. The average Bonchev–Trinajstić information content (AvgIpc) is 3.55. The van der Waals surface area contributed by atoms with Crippen molar-refractivity contribution >= 4 is 57.1 Å². The molecule has 0 spiro atoms. The number of rotatable bonds is 9. The number of hydrogen-bond acceptors (Lipinski definition) is 8. The highest BCUT2D eigenvalue weighted by Crippen LogP contribution is 2.38. The van der Waals surface area contributed by atoms with E-state index in [4.69, 9.17) is 37.4 Å². The molecule has 1 unspecified atom stereocenters. The van der Waals surface area contributed by atoms with Gasteiger partial charge in [0.25, 0.3) is 0 Å². The summed E-state index contributed by atoms with van der Waals surface area (Å²) in [5.41, 5.74) is 4.57. The Hall–Kier alpha value is -4.33. The van der Waals surface area contributed by atoms with Gasteiger partial charge >= 0.3 is 0 Å². The Bertz CT molecular complexity index is 1790. The molecular formula is C34H31Cl2N5O4. The molecule has 6 rings (SSSR count). The number of nitrogens with one attached hydrogen (secondary N) is 3. The van der Waals surface area contributed by atoms with Crippen LogP contribution in [0.4, 0.5) is 17.1 Å². The third kappa shape index (κ3) is 7.67. The molecule has 3 N–H and O–H groups in total. The third-order valence-corrected chi connectivity index (χ3v) is 8.13. The summed E-state index contributed by atoms with van der Waals surface area (Å²) in [5, 5.41) is 21.3. The first-order valence-electron chi connectivity index (χ1n) is 14.7. The van der Waals surface area contributed by atoms with Gasteiger partial charge in [-0.1, -0.05) is 40.9 Å². The van der Waals surface area contributed by atoms with Gasteiger partial charge in [-0.05, 0) is 67.9 Å². The Morgan fingerprint density at radius 3 is 2.76 bits per heavy atom. The topological polar surface area (TPSA) is 118 Å². The van der Waals surface area contributed by atoms with Crippen LogP contribution in [0.1, 0.15) is 30.4 Å². The molecule has 1 amide bonds. The minimum absolute atomic E-state index is 0.140. The summed E-state index contributed by atoms with van der Waals surface area (Å²) < 4.78 is 17.7. The first kappa shape index (κ1) is 30.7. The largest absolute Gasteiger partial charge is 0.487 e. The van der Waals surface area contributed by atoms with E-state index in [9.17, 15) is 10.1 Å². The average molecular weight is 645 g/mol. The van der Waals surface area contributed by atoms with Crippen molar-refractivity contribution in [3.8, 4) is 17.6 Å². The van der Waals surface area contributed by atoms with Gasteiger partial charge in [-0.2, -0.15) is 5.26 Å². The van der Waals surface area contributed by atoms with E-state index in [-0.39, 0.29) is 12.0 Å². The van der Waals surface area contributed by atoms with E-state index in [1.807, 2.05) is 24.3 Å². The van der Waals surface area contributed by atoms with Crippen molar-refractivity contribution in [1.82, 2.24) is 10.3 Å². The number of hydrogen-bond donors (Lipinski definition) is 3. The van der Waals surface area contributed by atoms with E-state index in [0.717, 1.165) is 43.5 Å². The van der Waals surface area contributed by atoms with Gasteiger partial charge in [-0.25, -0.2) is 0 Å². The predicted octanol–water partition coefficient (Wildman–Crippen LogP) is 7.15. The molecule has 1 aromatic heterocycles. The quantitative estimate of drug-likeness (QED) is 0.165. The van der Waals surface area contributed by atoms with Gasteiger partial charge in [-0.15, -0.1) is 0 Å². The molecule has 45 heavy (non-hydrogen) atoms. The van der Waals surface area contributed by atoms with Crippen molar-refractivity contribution < 1.29 is 19.0 Å². The first-order chi connectivity index (χ1) is 21.9. The number of carbonyl (C=O) groups excluding carboxylic acids is 1. The number of pyridine rings is 1. The maximum atomic E-state index is 13.1. The summed E-state index contributed by atoms with van der Waals surface area (Å²) in [6.07, 6.45) is 5.43. The van der Waals surface area contributed by atoms with Crippen molar-refractivity contribution in [3.63, 3.8) is 0 Å². The molecule has 2 fully saturated rings. The van der Waals surface area contributed by atoms with Gasteiger partial charge in [0.2, 0.25) is 5.91 Å². The van der Waals surface area contributed by atoms with Crippen molar-refractivity contribution in [2.24, 2.45) is 0 Å². The summed E-state index contributed by atoms with van der Waals surface area (Å²) in [6.45, 7) is 3.09. The number of aromatic nitrogens is 1. The summed E-state index contributed by atoms with van der Waals surface area (Å²) in [7, 11) is 0. The van der Waals surface area contributed by atoms with Crippen molar-refractivity contribution in [1.29, 1.82) is 5.26 Å². The van der Waals surface area contributed by atoms with Crippen LogP contribution in [0.15, 0.2) is 72.4 Å². The van der Waals surface area contributed by atoms with Crippen LogP contribution >= 0.6 is 23.2 Å². The second-order valence-electron chi connectivity index (χ2n) is 10.9. The lowest BCUT2D eigenvalue weighted by molar-refractivity contribution is -0.112. The van der Waals surface area contributed by atoms with Crippen LogP contribution in [0, 0.1) is 11.3 Å². The number of halogens is 2. The fraction of sp³-hybridized carbons (Fsp3) is 0.265. The minimum Gasteiger partial charge on any atom is -0.487 e. The number of benzene rings is 3. The molecule has 3 aromatic carbocycles. The number of nitrogens with zero attached hydrogens (tertiary/aromatic N) is 2. The van der Waals surface area contributed by atoms with Crippen LogP contribution in [0.3, 0.4) is 0 Å². The van der Waals surface area contributed by atoms with Gasteiger partial charge in [0, 0.05) is 40.9 Å². The smallest absolute Gasteiger partial charge is 0.248 e. The minimum atomic E-state index is -0.238. The van der Waals surface area contributed by atoms with Gasteiger partial charge in [0.05, 0.1) is 40.7 Å². The highest BCUT2D eigenvalue weighted by molar-refractivity contribution is 6.32. The van der Waals surface area contributed by atoms with Crippen molar-refractivity contribution in [2.75, 3.05) is 36.9 Å². The number of piperidine rings is 1. The second-order valence-corrected chi connectivity index (χ2v) is 11.7. The van der Waals surface area contributed by atoms with E-state index in [0.29, 0.717) is 74.9 Å². The maximum absolute atomic E-state index is 13.1. The Morgan fingerprint density at radius 2 is 2.00 bits per heavy atom. The normalized spacial score (nSPS) is 16.2. The van der Waals surface area contributed by atoms with Gasteiger partial charge < -0.3 is 30.2 Å². The summed E-state index contributed by atoms with van der Waals surface area (Å²) in [6, 6.07) is 18.5. The van der Waals surface area contributed by atoms with Crippen molar-refractivity contribution in [2.45, 2.75) is 32.0 Å². The van der Waals surface area contributed by atoms with Gasteiger partial charge in [0.1, 0.15) is 30.3 Å². The molecule has 0 bridgehead atoms. The molecule has 230 valence electrons. The Labute approximate surface area is 271 Å². The highest BCUT2D eigenvalue weighted by Gasteiger charge is 2.22. The predicted molar refractivity (Wildman–Crippen MR) is 176 cm³/mol. The zero-order valence-corrected chi connectivity index (χ0v) is 25.9. The van der Waals surface area contributed by atoms with Crippen LogP contribution in [-0.2, 0) is 16.1 Å². The Morgan fingerprint density at radius 1 is 1.13 bits per heavy atom. The number of carbonyl (C=O) groups is 1. The number of nitriles is 1. The molecule has 2 aliphatic rings. The van der Waals surface area contributed by atoms with E-state index in [1.54, 1.807) is 36.4 Å². The second kappa shape index (κ2) is 14.2. The summed E-state index contributed by atoms with van der Waals surface area (Å²) in [4.78, 5) is 17.7. The van der Waals surface area contributed by atoms with Crippen molar-refractivity contribution in [3.05, 3.63) is 93.6 Å². The van der Waals surface area contributed by atoms with E-state index in [2.05, 4.69) is 27.0 Å². The summed E-state index contributed by atoms with van der Waals surface area (Å²) >= 11 is 12.7. The van der Waals surface area contributed by atoms with Crippen LogP contribution in [0.25, 0.3) is 10.9 Å². The summed E-state index contributed by atoms with van der Waals surface area (Å²) in [5.74, 6) is 0.758. The molecule has 2 aliphatic heterocycles. The van der Waals surface area contributed by atoms with Crippen LogP contribution in [0.2, 0.25) is 10.0 Å². The first-order valence-corrected chi connectivity index (χ1v) is 15.5. The zero-order chi connectivity index (χ0) is 31.2. The monoisotopic (exact) mass is 643 g/mol. The van der Waals surface area contributed by atoms with Gasteiger partial charge in [-0.3, -0.25) is 9.78 Å². The highest BCUT2D eigenvalue weighted by atomic mass is 35.5. The van der Waals surface area contributed by atoms with Crippen LogP contribution in [-0.4, -0.2) is 43.3 Å². The van der Waals surface area contributed by atoms with Crippen LogP contribution < -0.4 is 25.4 Å². The molecule has 9 nitrogen and oxygen atoms in total. The van der Waals surface area contributed by atoms with Gasteiger partial charge in [0.15, 0.2) is 0 Å². The Kier molecular flexibility index (Phi) is 9.67. The molecule has 11 heteroatoms.